The van der Waals surface area contributed by atoms with Gasteiger partial charge in [0.25, 0.3) is 0 Å². The molecule has 0 aromatic carbocycles. The standard InChI is InChI=1S/C10H17N3S/c1-8(10-6-14-7-12-10)13-3-2-9(4-11)5-13/h6-9H,2-5,11H2,1H3. The number of hydrogen-bond donors (Lipinski definition) is 1. The number of likely N-dealkylation sites (tertiary alicyclic amines) is 1. The molecule has 1 aromatic heterocycles. The van der Waals surface area contributed by atoms with Gasteiger partial charge in [0, 0.05) is 11.9 Å². The van der Waals surface area contributed by atoms with Gasteiger partial charge in [0.05, 0.1) is 17.2 Å². The SMILES string of the molecule is CC(c1cscn1)N1CCC(CN)C1. The van der Waals surface area contributed by atoms with Crippen molar-refractivity contribution < 1.29 is 0 Å². The zero-order valence-electron chi connectivity index (χ0n) is 8.52. The molecule has 2 rings (SSSR count). The van der Waals surface area contributed by atoms with Crippen LogP contribution in [0.3, 0.4) is 0 Å². The molecule has 2 atom stereocenters. The fourth-order valence-corrected chi connectivity index (χ4v) is 2.66. The van der Waals surface area contributed by atoms with Crippen LogP contribution in [-0.2, 0) is 0 Å². The second kappa shape index (κ2) is 4.38. The van der Waals surface area contributed by atoms with Crippen molar-refractivity contribution in [2.24, 2.45) is 11.7 Å². The van der Waals surface area contributed by atoms with E-state index in [0.717, 1.165) is 13.1 Å². The van der Waals surface area contributed by atoms with E-state index in [4.69, 9.17) is 5.73 Å². The van der Waals surface area contributed by atoms with Gasteiger partial charge in [-0.3, -0.25) is 4.90 Å². The van der Waals surface area contributed by atoms with Crippen LogP contribution < -0.4 is 5.73 Å². The molecule has 4 heteroatoms. The van der Waals surface area contributed by atoms with E-state index >= 15 is 0 Å². The fraction of sp³-hybridized carbons (Fsp3) is 0.700. The van der Waals surface area contributed by atoms with Crippen molar-refractivity contribution in [1.29, 1.82) is 0 Å². The maximum absolute atomic E-state index is 5.67. The average Bonchev–Trinajstić information content (AvgIpc) is 2.88. The normalized spacial score (nSPS) is 25.4. The van der Waals surface area contributed by atoms with Crippen LogP contribution in [0.4, 0.5) is 0 Å². The van der Waals surface area contributed by atoms with E-state index in [1.54, 1.807) is 11.3 Å². The van der Waals surface area contributed by atoms with Crippen LogP contribution in [-0.4, -0.2) is 29.5 Å². The topological polar surface area (TPSA) is 42.2 Å². The van der Waals surface area contributed by atoms with E-state index in [1.807, 2.05) is 5.51 Å². The lowest BCUT2D eigenvalue weighted by atomic mass is 10.1. The number of hydrogen-bond acceptors (Lipinski definition) is 4. The quantitative estimate of drug-likeness (QED) is 0.823. The second-order valence-electron chi connectivity index (χ2n) is 3.97. The third kappa shape index (κ3) is 1.97. The highest BCUT2D eigenvalue weighted by atomic mass is 32.1. The molecule has 14 heavy (non-hydrogen) atoms. The van der Waals surface area contributed by atoms with Crippen molar-refractivity contribution in [2.75, 3.05) is 19.6 Å². The van der Waals surface area contributed by atoms with Gasteiger partial charge in [-0.05, 0) is 32.4 Å². The monoisotopic (exact) mass is 211 g/mol. The summed E-state index contributed by atoms with van der Waals surface area (Å²) in [6.07, 6.45) is 1.24. The largest absolute Gasteiger partial charge is 0.330 e. The highest BCUT2D eigenvalue weighted by Crippen LogP contribution is 2.26. The summed E-state index contributed by atoms with van der Waals surface area (Å²) in [5.41, 5.74) is 8.78. The van der Waals surface area contributed by atoms with Crippen LogP contribution in [0.2, 0.25) is 0 Å². The van der Waals surface area contributed by atoms with Gasteiger partial charge in [-0.25, -0.2) is 4.98 Å². The van der Waals surface area contributed by atoms with Crippen molar-refractivity contribution in [3.05, 3.63) is 16.6 Å². The van der Waals surface area contributed by atoms with Crippen LogP contribution in [0, 0.1) is 5.92 Å². The molecule has 2 unspecified atom stereocenters. The van der Waals surface area contributed by atoms with E-state index in [0.29, 0.717) is 12.0 Å². The Morgan fingerprint density at radius 1 is 1.79 bits per heavy atom. The first kappa shape index (κ1) is 10.1. The van der Waals surface area contributed by atoms with Gasteiger partial charge in [-0.15, -0.1) is 11.3 Å². The number of aromatic nitrogens is 1. The highest BCUT2D eigenvalue weighted by molar-refractivity contribution is 7.07. The van der Waals surface area contributed by atoms with Crippen LogP contribution in [0.25, 0.3) is 0 Å². The van der Waals surface area contributed by atoms with Crippen molar-refractivity contribution in [2.45, 2.75) is 19.4 Å². The smallest absolute Gasteiger partial charge is 0.0795 e. The van der Waals surface area contributed by atoms with E-state index in [9.17, 15) is 0 Å². The molecule has 0 radical (unpaired) electrons. The van der Waals surface area contributed by atoms with Crippen LogP contribution in [0.1, 0.15) is 25.1 Å². The van der Waals surface area contributed by atoms with Crippen LogP contribution >= 0.6 is 11.3 Å². The summed E-state index contributed by atoms with van der Waals surface area (Å²) >= 11 is 1.67. The minimum absolute atomic E-state index is 0.456. The molecule has 1 aromatic rings. The Bertz CT molecular complexity index is 273. The first-order valence-corrected chi connectivity index (χ1v) is 6.07. The molecular weight excluding hydrogens is 194 g/mol. The predicted molar refractivity (Wildman–Crippen MR) is 59.3 cm³/mol. The van der Waals surface area contributed by atoms with Gasteiger partial charge in [-0.2, -0.15) is 0 Å². The van der Waals surface area contributed by atoms with Gasteiger partial charge in [0.2, 0.25) is 0 Å². The van der Waals surface area contributed by atoms with E-state index in [2.05, 4.69) is 22.2 Å². The first-order chi connectivity index (χ1) is 6.81. The van der Waals surface area contributed by atoms with Crippen molar-refractivity contribution in [3.63, 3.8) is 0 Å². The molecule has 0 spiro atoms. The molecule has 0 saturated carbocycles. The summed E-state index contributed by atoms with van der Waals surface area (Å²) in [7, 11) is 0. The Morgan fingerprint density at radius 2 is 2.64 bits per heavy atom. The lowest BCUT2D eigenvalue weighted by molar-refractivity contribution is 0.250. The van der Waals surface area contributed by atoms with Gasteiger partial charge >= 0.3 is 0 Å². The summed E-state index contributed by atoms with van der Waals surface area (Å²) in [4.78, 5) is 6.84. The Hall–Kier alpha value is -0.450. The number of thiazole rings is 1. The minimum atomic E-state index is 0.456. The molecular formula is C10H17N3S. The molecule has 1 fully saturated rings. The van der Waals surface area contributed by atoms with Gasteiger partial charge in [0.1, 0.15) is 0 Å². The summed E-state index contributed by atoms with van der Waals surface area (Å²) in [5.74, 6) is 0.691. The van der Waals surface area contributed by atoms with E-state index in [-0.39, 0.29) is 0 Å². The fourth-order valence-electron chi connectivity index (χ4n) is 2.02. The predicted octanol–water partition coefficient (Wildman–Crippen LogP) is 1.48. The maximum Gasteiger partial charge on any atom is 0.0795 e. The molecule has 0 bridgehead atoms. The third-order valence-electron chi connectivity index (χ3n) is 3.08. The minimum Gasteiger partial charge on any atom is -0.330 e. The van der Waals surface area contributed by atoms with Crippen molar-refractivity contribution in [1.82, 2.24) is 9.88 Å². The summed E-state index contributed by atoms with van der Waals surface area (Å²) in [6, 6.07) is 0.456. The number of nitrogens with two attached hydrogens (primary N) is 1. The van der Waals surface area contributed by atoms with Crippen LogP contribution in [0.15, 0.2) is 10.9 Å². The molecule has 0 aliphatic carbocycles. The summed E-state index contributed by atoms with van der Waals surface area (Å²) < 4.78 is 0. The molecule has 2 heterocycles. The Kier molecular flexibility index (Phi) is 3.15. The average molecular weight is 211 g/mol. The molecule has 1 saturated heterocycles. The molecule has 1 aliphatic rings. The van der Waals surface area contributed by atoms with Gasteiger partial charge in [-0.1, -0.05) is 0 Å². The van der Waals surface area contributed by atoms with Crippen molar-refractivity contribution >= 4 is 11.3 Å². The molecule has 3 nitrogen and oxygen atoms in total. The summed E-state index contributed by atoms with van der Waals surface area (Å²) in [6.45, 7) is 5.35. The zero-order valence-corrected chi connectivity index (χ0v) is 9.33. The second-order valence-corrected chi connectivity index (χ2v) is 4.69. The summed E-state index contributed by atoms with van der Waals surface area (Å²) in [5, 5.41) is 2.14. The molecule has 1 aliphatic heterocycles. The zero-order chi connectivity index (χ0) is 9.97. The number of rotatable bonds is 3. The van der Waals surface area contributed by atoms with E-state index in [1.165, 1.54) is 18.7 Å². The highest BCUT2D eigenvalue weighted by Gasteiger charge is 2.26. The Morgan fingerprint density at radius 3 is 3.21 bits per heavy atom. The molecule has 78 valence electrons. The third-order valence-corrected chi connectivity index (χ3v) is 3.68. The number of nitrogens with zero attached hydrogens (tertiary/aromatic N) is 2. The maximum atomic E-state index is 5.67. The lowest BCUT2D eigenvalue weighted by Crippen LogP contribution is -2.26. The molecule has 0 amide bonds. The first-order valence-electron chi connectivity index (χ1n) is 5.13. The Balaban J connectivity index is 1.97. The molecule has 2 N–H and O–H groups in total. The van der Waals surface area contributed by atoms with Gasteiger partial charge in [0.15, 0.2) is 0 Å². The van der Waals surface area contributed by atoms with Crippen molar-refractivity contribution in [3.8, 4) is 0 Å². The van der Waals surface area contributed by atoms with Gasteiger partial charge < -0.3 is 5.73 Å². The Labute approximate surface area is 88.9 Å². The lowest BCUT2D eigenvalue weighted by Gasteiger charge is -2.22. The van der Waals surface area contributed by atoms with E-state index < -0.39 is 0 Å². The van der Waals surface area contributed by atoms with Crippen LogP contribution in [0.5, 0.6) is 0 Å².